The molecule has 1 unspecified atom stereocenters. The van der Waals surface area contributed by atoms with E-state index in [4.69, 9.17) is 15.2 Å². The van der Waals surface area contributed by atoms with Crippen molar-refractivity contribution in [2.24, 2.45) is 5.73 Å². The number of benzene rings is 1. The second kappa shape index (κ2) is 8.33. The van der Waals surface area contributed by atoms with Gasteiger partial charge >= 0.3 is 6.09 Å². The molecule has 1 fully saturated rings. The second-order valence-electron chi connectivity index (χ2n) is 6.20. The number of hydrogen-bond acceptors (Lipinski definition) is 3. The number of primary amides is 1. The van der Waals surface area contributed by atoms with Crippen molar-refractivity contribution in [3.63, 3.8) is 0 Å². The van der Waals surface area contributed by atoms with Crippen LogP contribution in [0.1, 0.15) is 51.0 Å². The van der Waals surface area contributed by atoms with Gasteiger partial charge in [-0.15, -0.1) is 0 Å². The zero-order valence-corrected chi connectivity index (χ0v) is 16.0. The zero-order chi connectivity index (χ0) is 16.9. The summed E-state index contributed by atoms with van der Waals surface area (Å²) in [5, 5.41) is 0. The molecule has 0 aliphatic heterocycles. The molecule has 1 aromatic carbocycles. The molecule has 0 saturated heterocycles. The Morgan fingerprint density at radius 3 is 2.78 bits per heavy atom. The van der Waals surface area contributed by atoms with Gasteiger partial charge in [0.2, 0.25) is 0 Å². The molecule has 1 aromatic rings. The lowest BCUT2D eigenvalue weighted by Crippen LogP contribution is -2.54. The maximum atomic E-state index is 11.5. The van der Waals surface area contributed by atoms with E-state index in [2.05, 4.69) is 41.6 Å². The summed E-state index contributed by atoms with van der Waals surface area (Å²) >= 11 is 2.37. The Hall–Kier alpha value is -0.820. The maximum absolute atomic E-state index is 11.5. The van der Waals surface area contributed by atoms with E-state index in [9.17, 15) is 4.79 Å². The summed E-state index contributed by atoms with van der Waals surface area (Å²) in [4.78, 5) is 11.5. The Morgan fingerprint density at radius 2 is 2.17 bits per heavy atom. The highest BCUT2D eigenvalue weighted by molar-refractivity contribution is 14.1. The first-order chi connectivity index (χ1) is 11.1. The van der Waals surface area contributed by atoms with Crippen LogP contribution in [-0.4, -0.2) is 25.4 Å². The summed E-state index contributed by atoms with van der Waals surface area (Å²) in [6, 6.07) is 8.33. The molecular weight excluding hydrogens is 405 g/mol. The van der Waals surface area contributed by atoms with Crippen molar-refractivity contribution in [2.75, 3.05) is 7.11 Å². The highest BCUT2D eigenvalue weighted by Gasteiger charge is 2.50. The van der Waals surface area contributed by atoms with Gasteiger partial charge in [-0.2, -0.15) is 0 Å². The van der Waals surface area contributed by atoms with E-state index in [1.165, 1.54) is 9.13 Å². The Kier molecular flexibility index (Phi) is 6.71. The fourth-order valence-electron chi connectivity index (χ4n) is 4.01. The van der Waals surface area contributed by atoms with Crippen molar-refractivity contribution in [1.82, 2.24) is 0 Å². The van der Waals surface area contributed by atoms with Crippen LogP contribution in [0.3, 0.4) is 0 Å². The molecule has 23 heavy (non-hydrogen) atoms. The fourth-order valence-corrected chi connectivity index (χ4v) is 4.90. The van der Waals surface area contributed by atoms with Crippen molar-refractivity contribution in [3.8, 4) is 0 Å². The topological polar surface area (TPSA) is 61.6 Å². The molecule has 0 radical (unpaired) electrons. The first kappa shape index (κ1) is 18.5. The van der Waals surface area contributed by atoms with Crippen molar-refractivity contribution in [1.29, 1.82) is 0 Å². The largest absolute Gasteiger partial charge is 0.445 e. The minimum absolute atomic E-state index is 0.00747. The Labute approximate surface area is 152 Å². The first-order valence-electron chi connectivity index (χ1n) is 8.30. The summed E-state index contributed by atoms with van der Waals surface area (Å²) in [6.07, 6.45) is 4.96. The highest BCUT2D eigenvalue weighted by Crippen LogP contribution is 2.47. The molecule has 128 valence electrons. The smallest absolute Gasteiger partial charge is 0.404 e. The lowest BCUT2D eigenvalue weighted by molar-refractivity contribution is -0.0673. The molecule has 2 N–H and O–H groups in total. The number of amides is 1. The van der Waals surface area contributed by atoms with E-state index in [-0.39, 0.29) is 17.6 Å². The van der Waals surface area contributed by atoms with Gasteiger partial charge < -0.3 is 15.2 Å². The van der Waals surface area contributed by atoms with E-state index in [1.807, 2.05) is 12.1 Å². The zero-order valence-electron chi connectivity index (χ0n) is 13.9. The lowest BCUT2D eigenvalue weighted by Gasteiger charge is -2.48. The summed E-state index contributed by atoms with van der Waals surface area (Å²) in [5.74, 6) is 0. The minimum atomic E-state index is -0.696. The Bertz CT molecular complexity index is 537. The third-order valence-corrected chi connectivity index (χ3v) is 5.87. The Morgan fingerprint density at radius 1 is 1.43 bits per heavy atom. The van der Waals surface area contributed by atoms with Gasteiger partial charge in [0.25, 0.3) is 0 Å². The number of carbonyl (C=O) groups is 1. The fraction of sp³-hybridized carbons (Fsp3) is 0.611. The van der Waals surface area contributed by atoms with Gasteiger partial charge in [-0.3, -0.25) is 0 Å². The van der Waals surface area contributed by atoms with Gasteiger partial charge in [0.1, 0.15) is 6.10 Å². The SMILES string of the molecule is CCCC(OC)[C@@]1(c2ccccc2I)CCCC[C@@H]1OC(N)=O. The van der Waals surface area contributed by atoms with E-state index < -0.39 is 6.09 Å². The van der Waals surface area contributed by atoms with Crippen LogP contribution in [0.2, 0.25) is 0 Å². The lowest BCUT2D eigenvalue weighted by atomic mass is 9.63. The minimum Gasteiger partial charge on any atom is -0.445 e. The number of nitrogens with two attached hydrogens (primary N) is 1. The van der Waals surface area contributed by atoms with E-state index in [0.717, 1.165) is 38.5 Å². The van der Waals surface area contributed by atoms with Crippen LogP contribution < -0.4 is 5.73 Å². The molecule has 0 aromatic heterocycles. The molecular formula is C18H26INO3. The molecule has 0 bridgehead atoms. The highest BCUT2D eigenvalue weighted by atomic mass is 127. The number of hydrogen-bond donors (Lipinski definition) is 1. The monoisotopic (exact) mass is 431 g/mol. The number of rotatable bonds is 6. The van der Waals surface area contributed by atoms with Crippen LogP contribution in [0, 0.1) is 3.57 Å². The van der Waals surface area contributed by atoms with Crippen molar-refractivity contribution < 1.29 is 14.3 Å². The molecule has 1 aliphatic rings. The van der Waals surface area contributed by atoms with Crippen molar-refractivity contribution >= 4 is 28.7 Å². The standard InChI is InChI=1S/C18H26INO3/c1-3-8-15(22-2)18(13-9-4-5-10-14(13)19)12-7-6-11-16(18)23-17(20)21/h4-5,9-10,15-16H,3,6-8,11-12H2,1-2H3,(H2,20,21)/t15?,16-,18-/m0/s1. The molecule has 1 saturated carbocycles. The summed E-state index contributed by atoms with van der Waals surface area (Å²) in [6.45, 7) is 2.16. The molecule has 1 aliphatic carbocycles. The van der Waals surface area contributed by atoms with Gasteiger partial charge in [-0.1, -0.05) is 38.0 Å². The third kappa shape index (κ3) is 3.82. The number of ether oxygens (including phenoxy) is 2. The van der Waals surface area contributed by atoms with Crippen LogP contribution in [-0.2, 0) is 14.9 Å². The molecule has 3 atom stereocenters. The van der Waals surface area contributed by atoms with E-state index >= 15 is 0 Å². The van der Waals surface area contributed by atoms with Crippen molar-refractivity contribution in [2.45, 2.75) is 63.1 Å². The normalized spacial score (nSPS) is 25.8. The van der Waals surface area contributed by atoms with Crippen molar-refractivity contribution in [3.05, 3.63) is 33.4 Å². The van der Waals surface area contributed by atoms with E-state index in [0.29, 0.717) is 0 Å². The van der Waals surface area contributed by atoms with Crippen LogP contribution in [0.25, 0.3) is 0 Å². The average Bonchev–Trinajstić information content (AvgIpc) is 2.53. The number of carbonyl (C=O) groups excluding carboxylic acids is 1. The van der Waals surface area contributed by atoms with Crippen LogP contribution in [0.5, 0.6) is 0 Å². The van der Waals surface area contributed by atoms with Crippen LogP contribution >= 0.6 is 22.6 Å². The number of methoxy groups -OCH3 is 1. The quantitative estimate of drug-likeness (QED) is 0.680. The molecule has 0 heterocycles. The van der Waals surface area contributed by atoms with Gasteiger partial charge in [0.15, 0.2) is 0 Å². The Balaban J connectivity index is 2.56. The molecule has 0 spiro atoms. The van der Waals surface area contributed by atoms with E-state index in [1.54, 1.807) is 7.11 Å². The molecule has 5 heteroatoms. The van der Waals surface area contributed by atoms with Crippen LogP contribution in [0.15, 0.2) is 24.3 Å². The summed E-state index contributed by atoms with van der Waals surface area (Å²) in [5.41, 5.74) is 6.26. The maximum Gasteiger partial charge on any atom is 0.404 e. The second-order valence-corrected chi connectivity index (χ2v) is 7.37. The first-order valence-corrected chi connectivity index (χ1v) is 9.38. The third-order valence-electron chi connectivity index (χ3n) is 4.92. The average molecular weight is 431 g/mol. The number of halogens is 1. The summed E-state index contributed by atoms with van der Waals surface area (Å²) in [7, 11) is 1.76. The molecule has 2 rings (SSSR count). The predicted molar refractivity (Wildman–Crippen MR) is 99.5 cm³/mol. The van der Waals surface area contributed by atoms with Gasteiger partial charge in [-0.25, -0.2) is 4.79 Å². The van der Waals surface area contributed by atoms with Crippen LogP contribution in [0.4, 0.5) is 4.79 Å². The van der Waals surface area contributed by atoms with Gasteiger partial charge in [-0.05, 0) is 59.9 Å². The van der Waals surface area contributed by atoms with Gasteiger partial charge in [0.05, 0.1) is 11.5 Å². The molecule has 4 nitrogen and oxygen atoms in total. The van der Waals surface area contributed by atoms with Gasteiger partial charge in [0, 0.05) is 10.7 Å². The molecule has 1 amide bonds. The predicted octanol–water partition coefficient (Wildman–Crippen LogP) is 4.38. The summed E-state index contributed by atoms with van der Waals surface area (Å²) < 4.78 is 12.7.